The summed E-state index contributed by atoms with van der Waals surface area (Å²) in [6.45, 7) is 1.92. The quantitative estimate of drug-likeness (QED) is 0.497. The van der Waals surface area contributed by atoms with E-state index in [0.717, 1.165) is 24.2 Å². The highest BCUT2D eigenvalue weighted by molar-refractivity contribution is 6.30. The molecular formula is C23H26ClNO4. The molecule has 1 aliphatic rings. The molecule has 0 aromatic heterocycles. The molecule has 0 heterocycles. The highest BCUT2D eigenvalue weighted by Crippen LogP contribution is 2.36. The average molecular weight is 416 g/mol. The third-order valence-corrected chi connectivity index (χ3v) is 5.33. The van der Waals surface area contributed by atoms with Crippen LogP contribution in [0.1, 0.15) is 29.2 Å². The van der Waals surface area contributed by atoms with Gasteiger partial charge in [-0.1, -0.05) is 35.9 Å². The van der Waals surface area contributed by atoms with E-state index < -0.39 is 0 Å². The normalized spacial score (nSPS) is 15.7. The fraction of sp³-hybridized carbons (Fsp3) is 0.348. The zero-order chi connectivity index (χ0) is 20.6. The van der Waals surface area contributed by atoms with Gasteiger partial charge in [0.15, 0.2) is 0 Å². The molecule has 2 aromatic carbocycles. The van der Waals surface area contributed by atoms with Crippen molar-refractivity contribution in [1.82, 2.24) is 4.90 Å². The van der Waals surface area contributed by atoms with Gasteiger partial charge >= 0.3 is 5.97 Å². The number of carbonyl (C=O) groups is 1. The van der Waals surface area contributed by atoms with Gasteiger partial charge in [-0.3, -0.25) is 4.90 Å². The Morgan fingerprint density at radius 2 is 2.14 bits per heavy atom. The molecular weight excluding hydrogens is 390 g/mol. The lowest BCUT2D eigenvalue weighted by Crippen LogP contribution is -2.34. The number of carbonyl (C=O) groups excluding carboxylic acids is 1. The molecule has 0 aliphatic heterocycles. The molecule has 1 aliphatic carbocycles. The minimum atomic E-state index is -0.364. The fourth-order valence-corrected chi connectivity index (χ4v) is 3.90. The molecule has 0 spiro atoms. The number of esters is 1. The summed E-state index contributed by atoms with van der Waals surface area (Å²) in [5.41, 5.74) is 3.53. The Hall–Kier alpha value is -2.34. The summed E-state index contributed by atoms with van der Waals surface area (Å²) in [5, 5.41) is 10.2. The van der Waals surface area contributed by atoms with Crippen molar-refractivity contribution in [2.75, 3.05) is 33.4 Å². The molecule has 0 radical (unpaired) electrons. The molecule has 2 aromatic rings. The second kappa shape index (κ2) is 10.4. The zero-order valence-corrected chi connectivity index (χ0v) is 17.3. The number of ether oxygens (including phenoxy) is 2. The average Bonchev–Trinajstić information content (AvgIpc) is 3.14. The Bertz CT molecular complexity index is 868. The molecule has 1 atom stereocenters. The van der Waals surface area contributed by atoms with E-state index in [1.54, 1.807) is 12.1 Å². The Balaban J connectivity index is 1.65. The topological polar surface area (TPSA) is 59.0 Å². The second-order valence-corrected chi connectivity index (χ2v) is 7.37. The van der Waals surface area contributed by atoms with Crippen LogP contribution in [-0.4, -0.2) is 49.4 Å². The van der Waals surface area contributed by atoms with Gasteiger partial charge < -0.3 is 14.6 Å². The fourth-order valence-electron chi connectivity index (χ4n) is 3.72. The van der Waals surface area contributed by atoms with Gasteiger partial charge in [-0.25, -0.2) is 4.79 Å². The summed E-state index contributed by atoms with van der Waals surface area (Å²) in [5.74, 6) is 0.382. The van der Waals surface area contributed by atoms with Crippen molar-refractivity contribution in [1.29, 1.82) is 0 Å². The lowest BCUT2D eigenvalue weighted by molar-refractivity contribution is -0.134. The SMILES string of the molecule is COC(=O)/C=C/c1ccc2c(c1)CCC2N(CCO)CCOc1cccc(Cl)c1. The van der Waals surface area contributed by atoms with Gasteiger partial charge in [0, 0.05) is 30.2 Å². The molecule has 29 heavy (non-hydrogen) atoms. The Kier molecular flexibility index (Phi) is 7.69. The van der Waals surface area contributed by atoms with Gasteiger partial charge in [-0.05, 0) is 53.8 Å². The first-order valence-corrected chi connectivity index (χ1v) is 10.1. The van der Waals surface area contributed by atoms with E-state index in [4.69, 9.17) is 16.3 Å². The molecule has 0 saturated carbocycles. The number of rotatable bonds is 9. The summed E-state index contributed by atoms with van der Waals surface area (Å²) in [7, 11) is 1.37. The summed E-state index contributed by atoms with van der Waals surface area (Å²) in [6, 6.07) is 13.9. The lowest BCUT2D eigenvalue weighted by Gasteiger charge is -2.29. The molecule has 1 unspecified atom stereocenters. The highest BCUT2D eigenvalue weighted by Gasteiger charge is 2.27. The molecule has 5 nitrogen and oxygen atoms in total. The standard InChI is InChI=1S/C23H26ClNO4/c1-28-23(27)10-6-17-5-8-21-18(15-17)7-9-22(21)25(11-13-26)12-14-29-20-4-2-3-19(24)16-20/h2-6,8,10,15-16,22,26H,7,9,11-14H2,1H3/b10-6+. The van der Waals surface area contributed by atoms with Crippen molar-refractivity contribution in [2.24, 2.45) is 0 Å². The first-order valence-electron chi connectivity index (χ1n) is 9.73. The summed E-state index contributed by atoms with van der Waals surface area (Å²) >= 11 is 6.00. The maximum atomic E-state index is 11.3. The van der Waals surface area contributed by atoms with Crippen LogP contribution in [0.2, 0.25) is 5.02 Å². The number of hydrogen-bond donors (Lipinski definition) is 1. The van der Waals surface area contributed by atoms with Crippen molar-refractivity contribution in [3.05, 3.63) is 70.3 Å². The highest BCUT2D eigenvalue weighted by atomic mass is 35.5. The van der Waals surface area contributed by atoms with Crippen molar-refractivity contribution >= 4 is 23.6 Å². The molecule has 154 valence electrons. The summed E-state index contributed by atoms with van der Waals surface area (Å²) in [6.07, 6.45) is 5.16. The van der Waals surface area contributed by atoms with E-state index in [2.05, 4.69) is 21.8 Å². The van der Waals surface area contributed by atoms with Crippen LogP contribution in [0.5, 0.6) is 5.75 Å². The van der Waals surface area contributed by atoms with E-state index in [9.17, 15) is 9.90 Å². The second-order valence-electron chi connectivity index (χ2n) is 6.93. The molecule has 0 fully saturated rings. The van der Waals surface area contributed by atoms with E-state index >= 15 is 0 Å². The van der Waals surface area contributed by atoms with Crippen LogP contribution >= 0.6 is 11.6 Å². The van der Waals surface area contributed by atoms with Gasteiger partial charge in [0.2, 0.25) is 0 Å². The number of aryl methyl sites for hydroxylation is 1. The number of nitrogens with zero attached hydrogens (tertiary/aromatic N) is 1. The molecule has 6 heteroatoms. The monoisotopic (exact) mass is 415 g/mol. The molecule has 0 saturated heterocycles. The first-order chi connectivity index (χ1) is 14.1. The van der Waals surface area contributed by atoms with E-state index in [-0.39, 0.29) is 18.6 Å². The predicted octanol–water partition coefficient (Wildman–Crippen LogP) is 3.89. The van der Waals surface area contributed by atoms with Crippen LogP contribution in [0.4, 0.5) is 0 Å². The van der Waals surface area contributed by atoms with Gasteiger partial charge in [-0.15, -0.1) is 0 Å². The van der Waals surface area contributed by atoms with Gasteiger partial charge in [0.25, 0.3) is 0 Å². The third-order valence-electron chi connectivity index (χ3n) is 5.10. The van der Waals surface area contributed by atoms with Crippen LogP contribution in [0, 0.1) is 0 Å². The van der Waals surface area contributed by atoms with Crippen molar-refractivity contribution in [3.8, 4) is 5.75 Å². The summed E-state index contributed by atoms with van der Waals surface area (Å²) < 4.78 is 10.5. The molecule has 1 N–H and O–H groups in total. The lowest BCUT2D eigenvalue weighted by atomic mass is 10.0. The minimum absolute atomic E-state index is 0.100. The van der Waals surface area contributed by atoms with E-state index in [1.165, 1.54) is 24.3 Å². The van der Waals surface area contributed by atoms with Crippen LogP contribution in [0.3, 0.4) is 0 Å². The Morgan fingerprint density at radius 1 is 1.28 bits per heavy atom. The van der Waals surface area contributed by atoms with E-state index in [1.807, 2.05) is 24.3 Å². The predicted molar refractivity (Wildman–Crippen MR) is 114 cm³/mol. The number of methoxy groups -OCH3 is 1. The van der Waals surface area contributed by atoms with Gasteiger partial charge in [-0.2, -0.15) is 0 Å². The number of aliphatic hydroxyl groups excluding tert-OH is 1. The maximum Gasteiger partial charge on any atom is 0.330 e. The van der Waals surface area contributed by atoms with Crippen molar-refractivity contribution in [3.63, 3.8) is 0 Å². The van der Waals surface area contributed by atoms with Crippen molar-refractivity contribution in [2.45, 2.75) is 18.9 Å². The minimum Gasteiger partial charge on any atom is -0.492 e. The Morgan fingerprint density at radius 3 is 2.90 bits per heavy atom. The van der Waals surface area contributed by atoms with Gasteiger partial charge in [0.1, 0.15) is 12.4 Å². The number of benzene rings is 2. The van der Waals surface area contributed by atoms with Crippen molar-refractivity contribution < 1.29 is 19.4 Å². The smallest absolute Gasteiger partial charge is 0.330 e. The van der Waals surface area contributed by atoms with Crippen LogP contribution in [0.15, 0.2) is 48.5 Å². The molecule has 3 rings (SSSR count). The number of hydrogen-bond acceptors (Lipinski definition) is 5. The molecule has 0 bridgehead atoms. The largest absolute Gasteiger partial charge is 0.492 e. The number of halogens is 1. The Labute approximate surface area is 176 Å². The number of aliphatic hydroxyl groups is 1. The first kappa shape index (κ1) is 21.4. The van der Waals surface area contributed by atoms with Crippen LogP contribution < -0.4 is 4.74 Å². The summed E-state index contributed by atoms with van der Waals surface area (Å²) in [4.78, 5) is 13.6. The third kappa shape index (κ3) is 5.82. The van der Waals surface area contributed by atoms with E-state index in [0.29, 0.717) is 24.7 Å². The molecule has 0 amide bonds. The number of fused-ring (bicyclic) bond motifs is 1. The van der Waals surface area contributed by atoms with Gasteiger partial charge in [0.05, 0.1) is 13.7 Å². The zero-order valence-electron chi connectivity index (χ0n) is 16.5. The van der Waals surface area contributed by atoms with Crippen LogP contribution in [0.25, 0.3) is 6.08 Å². The van der Waals surface area contributed by atoms with Crippen LogP contribution in [-0.2, 0) is 16.0 Å². The maximum absolute atomic E-state index is 11.3.